The summed E-state index contributed by atoms with van der Waals surface area (Å²) in [7, 11) is 0. The Kier molecular flexibility index (Phi) is 5.67. The lowest BCUT2D eigenvalue weighted by atomic mass is 10.2. The van der Waals surface area contributed by atoms with Gasteiger partial charge in [-0.15, -0.1) is 0 Å². The van der Waals surface area contributed by atoms with Crippen LogP contribution >= 0.6 is 31.9 Å². The summed E-state index contributed by atoms with van der Waals surface area (Å²) in [4.78, 5) is 9.95. The van der Waals surface area contributed by atoms with Gasteiger partial charge in [0.15, 0.2) is 5.65 Å². The summed E-state index contributed by atoms with van der Waals surface area (Å²) in [6.07, 6.45) is 2.20. The van der Waals surface area contributed by atoms with Crippen LogP contribution in [-0.4, -0.2) is 21.1 Å². The van der Waals surface area contributed by atoms with Gasteiger partial charge in [-0.05, 0) is 64.3 Å². The number of hydrogen-bond donors (Lipinski definition) is 0. The fraction of sp³-hybridized carbons (Fsp3) is 0.200. The molecule has 0 spiro atoms. The molecule has 5 rings (SSSR count). The molecule has 6 heteroatoms. The Morgan fingerprint density at radius 3 is 2.42 bits per heavy atom. The van der Waals surface area contributed by atoms with Gasteiger partial charge in [-0.2, -0.15) is 0 Å². The van der Waals surface area contributed by atoms with Crippen LogP contribution in [0.1, 0.15) is 25.3 Å². The second-order valence-electron chi connectivity index (χ2n) is 7.60. The number of nitrogens with zero attached hydrogens (tertiary/aromatic N) is 3. The average Bonchev–Trinajstić information content (AvgIpc) is 3.06. The highest BCUT2D eigenvalue weighted by Gasteiger charge is 2.18. The van der Waals surface area contributed by atoms with Gasteiger partial charge in [0.25, 0.3) is 0 Å². The molecule has 4 nitrogen and oxygen atoms in total. The minimum absolute atomic E-state index is 0.697. The molecule has 0 saturated heterocycles. The van der Waals surface area contributed by atoms with Crippen LogP contribution in [0, 0.1) is 0 Å². The first-order valence-electron chi connectivity index (χ1n) is 10.4. The first kappa shape index (κ1) is 20.5. The molecule has 2 aromatic heterocycles. The zero-order valence-corrected chi connectivity index (χ0v) is 20.3. The van der Waals surface area contributed by atoms with Crippen LogP contribution in [0.3, 0.4) is 0 Å². The SMILES string of the molecule is CCCCOc1ccc(Cn2c3nc4ccccc4nc3c3cc(Br)cc(Br)c32)cc1. The number of ether oxygens (including phenoxy) is 1. The predicted molar refractivity (Wildman–Crippen MR) is 134 cm³/mol. The van der Waals surface area contributed by atoms with E-state index in [2.05, 4.69) is 67.6 Å². The standard InChI is InChI=1S/C25H21Br2N3O/c1-2-3-12-31-18-10-8-16(9-11-18)15-30-24-19(13-17(26)14-20(24)27)23-25(30)29-22-7-5-4-6-21(22)28-23/h4-11,13-14H,2-3,12,15H2,1H3. The molecule has 156 valence electrons. The van der Waals surface area contributed by atoms with Crippen molar-refractivity contribution in [1.29, 1.82) is 0 Å². The van der Waals surface area contributed by atoms with Crippen LogP contribution in [0.4, 0.5) is 0 Å². The Hall–Kier alpha value is -2.44. The van der Waals surface area contributed by atoms with Gasteiger partial charge in [0, 0.05) is 20.9 Å². The topological polar surface area (TPSA) is 39.9 Å². The second-order valence-corrected chi connectivity index (χ2v) is 9.37. The lowest BCUT2D eigenvalue weighted by Crippen LogP contribution is -2.02. The van der Waals surface area contributed by atoms with Crippen LogP contribution in [0.15, 0.2) is 69.6 Å². The number of hydrogen-bond acceptors (Lipinski definition) is 3. The highest BCUT2D eigenvalue weighted by Crippen LogP contribution is 2.36. The third-order valence-electron chi connectivity index (χ3n) is 5.39. The number of halogens is 2. The number of unbranched alkanes of at least 4 members (excludes halogenated alkanes) is 1. The molecule has 0 atom stereocenters. The molecule has 0 amide bonds. The summed E-state index contributed by atoms with van der Waals surface area (Å²) in [5.41, 5.74) is 5.88. The molecule has 0 aliphatic rings. The number of benzene rings is 3. The van der Waals surface area contributed by atoms with Crippen molar-refractivity contribution in [3.05, 3.63) is 75.2 Å². The van der Waals surface area contributed by atoms with E-state index in [9.17, 15) is 0 Å². The molecule has 5 aromatic rings. The maximum atomic E-state index is 5.82. The summed E-state index contributed by atoms with van der Waals surface area (Å²) in [5, 5.41) is 1.08. The minimum Gasteiger partial charge on any atom is -0.494 e. The molecule has 0 aliphatic carbocycles. The lowest BCUT2D eigenvalue weighted by Gasteiger charge is -2.10. The summed E-state index contributed by atoms with van der Waals surface area (Å²) in [6, 6.07) is 20.6. The first-order valence-corrected chi connectivity index (χ1v) is 12.0. The van der Waals surface area contributed by atoms with E-state index in [4.69, 9.17) is 14.7 Å². The number of para-hydroxylation sites is 2. The van der Waals surface area contributed by atoms with Crippen LogP contribution in [0.2, 0.25) is 0 Å². The zero-order valence-electron chi connectivity index (χ0n) is 17.1. The smallest absolute Gasteiger partial charge is 0.160 e. The highest BCUT2D eigenvalue weighted by molar-refractivity contribution is 9.11. The number of fused-ring (bicyclic) bond motifs is 4. The van der Waals surface area contributed by atoms with Crippen molar-refractivity contribution >= 4 is 65.0 Å². The van der Waals surface area contributed by atoms with Crippen molar-refractivity contribution in [2.45, 2.75) is 26.3 Å². The Bertz CT molecular complexity index is 1390. The maximum absolute atomic E-state index is 5.82. The van der Waals surface area contributed by atoms with E-state index in [0.29, 0.717) is 6.54 Å². The maximum Gasteiger partial charge on any atom is 0.160 e. The van der Waals surface area contributed by atoms with E-state index in [1.807, 2.05) is 36.4 Å². The summed E-state index contributed by atoms with van der Waals surface area (Å²) >= 11 is 7.39. The Balaban J connectivity index is 1.63. The normalized spacial score (nSPS) is 11.6. The van der Waals surface area contributed by atoms with Gasteiger partial charge >= 0.3 is 0 Å². The van der Waals surface area contributed by atoms with Crippen LogP contribution in [-0.2, 0) is 6.54 Å². The molecule has 0 N–H and O–H groups in total. The van der Waals surface area contributed by atoms with Crippen molar-refractivity contribution in [3.63, 3.8) is 0 Å². The van der Waals surface area contributed by atoms with Crippen molar-refractivity contribution in [2.75, 3.05) is 6.61 Å². The minimum atomic E-state index is 0.697. The van der Waals surface area contributed by atoms with E-state index in [-0.39, 0.29) is 0 Å². The molecule has 0 bridgehead atoms. The van der Waals surface area contributed by atoms with Crippen molar-refractivity contribution in [3.8, 4) is 5.75 Å². The molecule has 0 radical (unpaired) electrons. The van der Waals surface area contributed by atoms with Crippen molar-refractivity contribution in [1.82, 2.24) is 14.5 Å². The van der Waals surface area contributed by atoms with Crippen LogP contribution < -0.4 is 4.74 Å². The van der Waals surface area contributed by atoms with Gasteiger partial charge in [-0.25, -0.2) is 9.97 Å². The molecule has 0 saturated carbocycles. The Labute approximate surface area is 197 Å². The third kappa shape index (κ3) is 3.94. The van der Waals surface area contributed by atoms with Crippen LogP contribution in [0.25, 0.3) is 33.1 Å². The zero-order chi connectivity index (χ0) is 21.4. The number of rotatable bonds is 6. The molecule has 2 heterocycles. The molecular weight excluding hydrogens is 518 g/mol. The van der Waals surface area contributed by atoms with E-state index >= 15 is 0 Å². The van der Waals surface area contributed by atoms with E-state index in [0.717, 1.165) is 67.2 Å². The second kappa shape index (κ2) is 8.60. The van der Waals surface area contributed by atoms with E-state index < -0.39 is 0 Å². The first-order chi connectivity index (χ1) is 15.1. The van der Waals surface area contributed by atoms with Crippen LogP contribution in [0.5, 0.6) is 5.75 Å². The summed E-state index contributed by atoms with van der Waals surface area (Å²) < 4.78 is 10.1. The van der Waals surface area contributed by atoms with E-state index in [1.165, 1.54) is 5.56 Å². The van der Waals surface area contributed by atoms with Crippen molar-refractivity contribution in [2.24, 2.45) is 0 Å². The molecular formula is C25H21Br2N3O. The molecule has 31 heavy (non-hydrogen) atoms. The molecule has 0 aliphatic heterocycles. The molecule has 0 fully saturated rings. The van der Waals surface area contributed by atoms with Crippen molar-refractivity contribution < 1.29 is 4.74 Å². The van der Waals surface area contributed by atoms with Gasteiger partial charge in [0.2, 0.25) is 0 Å². The Morgan fingerprint density at radius 1 is 0.935 bits per heavy atom. The van der Waals surface area contributed by atoms with Gasteiger partial charge < -0.3 is 9.30 Å². The van der Waals surface area contributed by atoms with E-state index in [1.54, 1.807) is 0 Å². The highest BCUT2D eigenvalue weighted by atomic mass is 79.9. The quantitative estimate of drug-likeness (QED) is 0.210. The van der Waals surface area contributed by atoms with Gasteiger partial charge in [-0.3, -0.25) is 0 Å². The Morgan fingerprint density at radius 2 is 1.68 bits per heavy atom. The van der Waals surface area contributed by atoms with Gasteiger partial charge in [0.05, 0.1) is 23.2 Å². The third-order valence-corrected chi connectivity index (χ3v) is 6.45. The summed E-state index contributed by atoms with van der Waals surface area (Å²) in [5.74, 6) is 0.912. The van der Waals surface area contributed by atoms with Gasteiger partial charge in [-0.1, -0.05) is 53.5 Å². The fourth-order valence-electron chi connectivity index (χ4n) is 3.85. The summed E-state index contributed by atoms with van der Waals surface area (Å²) in [6.45, 7) is 3.62. The molecule has 3 aromatic carbocycles. The fourth-order valence-corrected chi connectivity index (χ4v) is 5.29. The van der Waals surface area contributed by atoms with Gasteiger partial charge in [0.1, 0.15) is 11.3 Å². The largest absolute Gasteiger partial charge is 0.494 e. The lowest BCUT2D eigenvalue weighted by molar-refractivity contribution is 0.309. The monoisotopic (exact) mass is 537 g/mol. The number of aromatic nitrogens is 3. The molecule has 0 unspecified atom stereocenters. The average molecular weight is 539 g/mol. The predicted octanol–water partition coefficient (Wildman–Crippen LogP) is 7.49.